The van der Waals surface area contributed by atoms with E-state index in [-0.39, 0.29) is 6.04 Å². The molecule has 2 aliphatic rings. The lowest BCUT2D eigenvalue weighted by Gasteiger charge is -2.12. The molecule has 0 saturated heterocycles. The van der Waals surface area contributed by atoms with Crippen molar-refractivity contribution in [3.05, 3.63) is 17.0 Å². The third kappa shape index (κ3) is 4.04. The molecule has 112 valence electrons. The quantitative estimate of drug-likeness (QED) is 0.775. The Bertz CT molecular complexity index is 559. The molecule has 2 saturated carbocycles. The van der Waals surface area contributed by atoms with Gasteiger partial charge in [-0.05, 0) is 44.2 Å². The van der Waals surface area contributed by atoms with Crippen LogP contribution in [0.5, 0.6) is 0 Å². The molecule has 1 heterocycles. The van der Waals surface area contributed by atoms with Crippen LogP contribution < -0.4 is 10.0 Å². The Morgan fingerprint density at radius 1 is 1.30 bits per heavy atom. The van der Waals surface area contributed by atoms with E-state index >= 15 is 0 Å². The summed E-state index contributed by atoms with van der Waals surface area (Å²) >= 11 is 1.37. The van der Waals surface area contributed by atoms with Gasteiger partial charge in [-0.2, -0.15) is 0 Å². The summed E-state index contributed by atoms with van der Waals surface area (Å²) in [4.78, 5) is 1.09. The van der Waals surface area contributed by atoms with E-state index in [0.29, 0.717) is 10.3 Å². The number of hydrogen-bond donors (Lipinski definition) is 2. The van der Waals surface area contributed by atoms with Gasteiger partial charge in [0.1, 0.15) is 4.21 Å². The molecule has 6 heteroatoms. The molecule has 0 bridgehead atoms. The summed E-state index contributed by atoms with van der Waals surface area (Å²) < 4.78 is 27.8. The number of sulfonamides is 1. The molecule has 1 aromatic heterocycles. The molecule has 2 N–H and O–H groups in total. The van der Waals surface area contributed by atoms with E-state index in [4.69, 9.17) is 0 Å². The first-order chi connectivity index (χ1) is 9.53. The molecule has 1 atom stereocenters. The zero-order valence-electron chi connectivity index (χ0n) is 11.8. The molecule has 3 rings (SSSR count). The largest absolute Gasteiger partial charge is 0.309 e. The fraction of sp³-hybridized carbons (Fsp3) is 0.714. The lowest BCUT2D eigenvalue weighted by molar-refractivity contribution is 0.531. The van der Waals surface area contributed by atoms with E-state index < -0.39 is 10.0 Å². The van der Waals surface area contributed by atoms with Crippen LogP contribution in [0.25, 0.3) is 0 Å². The van der Waals surface area contributed by atoms with E-state index in [1.54, 1.807) is 6.07 Å². The van der Waals surface area contributed by atoms with Crippen LogP contribution in [0.4, 0.5) is 0 Å². The van der Waals surface area contributed by atoms with Crippen LogP contribution in [0.3, 0.4) is 0 Å². The van der Waals surface area contributed by atoms with Crippen molar-refractivity contribution in [2.24, 2.45) is 5.92 Å². The average Bonchev–Trinajstić information content (AvgIpc) is 3.28. The third-order valence-corrected chi connectivity index (χ3v) is 6.95. The summed E-state index contributed by atoms with van der Waals surface area (Å²) in [7, 11) is -3.34. The number of rotatable bonds is 8. The maximum atomic E-state index is 12.3. The SMILES string of the molecule is CC(CC1CC1)NS(=O)(=O)c1ccc(CNC2CC2)s1. The molecule has 0 aliphatic heterocycles. The van der Waals surface area contributed by atoms with Crippen molar-refractivity contribution in [1.82, 2.24) is 10.0 Å². The van der Waals surface area contributed by atoms with Crippen molar-refractivity contribution in [2.45, 2.75) is 61.9 Å². The van der Waals surface area contributed by atoms with Crippen LogP contribution in [0, 0.1) is 5.92 Å². The number of nitrogens with one attached hydrogen (secondary N) is 2. The lowest BCUT2D eigenvalue weighted by Crippen LogP contribution is -2.32. The van der Waals surface area contributed by atoms with Crippen LogP contribution >= 0.6 is 11.3 Å². The molecule has 0 radical (unpaired) electrons. The van der Waals surface area contributed by atoms with Crippen molar-refractivity contribution < 1.29 is 8.42 Å². The van der Waals surface area contributed by atoms with Gasteiger partial charge in [-0.15, -0.1) is 11.3 Å². The Hall–Kier alpha value is -0.430. The predicted octanol–water partition coefficient (Wildman–Crippen LogP) is 2.47. The molecule has 0 spiro atoms. The highest BCUT2D eigenvalue weighted by atomic mass is 32.2. The van der Waals surface area contributed by atoms with Gasteiger partial charge in [0.05, 0.1) is 0 Å². The predicted molar refractivity (Wildman–Crippen MR) is 81.3 cm³/mol. The van der Waals surface area contributed by atoms with Gasteiger partial charge in [-0.3, -0.25) is 0 Å². The lowest BCUT2D eigenvalue weighted by atomic mass is 10.2. The van der Waals surface area contributed by atoms with Crippen LogP contribution in [-0.2, 0) is 16.6 Å². The van der Waals surface area contributed by atoms with Gasteiger partial charge in [0, 0.05) is 23.5 Å². The molecule has 2 fully saturated rings. The molecule has 2 aliphatic carbocycles. The average molecular weight is 314 g/mol. The van der Waals surface area contributed by atoms with E-state index in [1.807, 2.05) is 13.0 Å². The normalized spacial score (nSPS) is 21.1. The summed E-state index contributed by atoms with van der Waals surface area (Å²) in [6.07, 6.45) is 5.96. The summed E-state index contributed by atoms with van der Waals surface area (Å²) in [5.74, 6) is 0.731. The maximum absolute atomic E-state index is 12.3. The molecule has 20 heavy (non-hydrogen) atoms. The zero-order valence-corrected chi connectivity index (χ0v) is 13.4. The van der Waals surface area contributed by atoms with Crippen LogP contribution in [0.15, 0.2) is 16.3 Å². The van der Waals surface area contributed by atoms with Crippen molar-refractivity contribution in [1.29, 1.82) is 0 Å². The first-order valence-electron chi connectivity index (χ1n) is 7.37. The summed E-state index contributed by atoms with van der Waals surface area (Å²) in [6, 6.07) is 4.32. The summed E-state index contributed by atoms with van der Waals surface area (Å²) in [5.41, 5.74) is 0. The Balaban J connectivity index is 1.57. The maximum Gasteiger partial charge on any atom is 0.250 e. The summed E-state index contributed by atoms with van der Waals surface area (Å²) in [6.45, 7) is 2.74. The van der Waals surface area contributed by atoms with Gasteiger partial charge in [-0.25, -0.2) is 13.1 Å². The highest BCUT2D eigenvalue weighted by Gasteiger charge is 2.27. The van der Waals surface area contributed by atoms with Gasteiger partial charge < -0.3 is 5.32 Å². The Morgan fingerprint density at radius 2 is 2.05 bits per heavy atom. The molecular formula is C14H22N2O2S2. The van der Waals surface area contributed by atoms with Gasteiger partial charge >= 0.3 is 0 Å². The van der Waals surface area contributed by atoms with E-state index in [0.717, 1.165) is 23.8 Å². The van der Waals surface area contributed by atoms with Crippen molar-refractivity contribution in [2.75, 3.05) is 0 Å². The van der Waals surface area contributed by atoms with Crippen molar-refractivity contribution in [3.63, 3.8) is 0 Å². The first-order valence-corrected chi connectivity index (χ1v) is 9.67. The van der Waals surface area contributed by atoms with E-state index in [9.17, 15) is 8.42 Å². The van der Waals surface area contributed by atoms with Crippen LogP contribution in [-0.4, -0.2) is 20.5 Å². The highest BCUT2D eigenvalue weighted by Crippen LogP contribution is 2.34. The minimum atomic E-state index is -3.34. The van der Waals surface area contributed by atoms with Gasteiger partial charge in [0.2, 0.25) is 10.0 Å². The van der Waals surface area contributed by atoms with Crippen LogP contribution in [0.2, 0.25) is 0 Å². The fourth-order valence-corrected chi connectivity index (χ4v) is 4.93. The Morgan fingerprint density at radius 3 is 2.70 bits per heavy atom. The molecule has 0 aromatic carbocycles. The van der Waals surface area contributed by atoms with E-state index in [2.05, 4.69) is 10.0 Å². The Labute approximate surface area is 125 Å². The minimum absolute atomic E-state index is 0.0302. The van der Waals surface area contributed by atoms with Crippen molar-refractivity contribution >= 4 is 21.4 Å². The van der Waals surface area contributed by atoms with Crippen molar-refractivity contribution in [3.8, 4) is 0 Å². The Kier molecular flexibility index (Phi) is 4.17. The minimum Gasteiger partial charge on any atom is -0.309 e. The van der Waals surface area contributed by atoms with E-state index in [1.165, 1.54) is 37.0 Å². The first kappa shape index (κ1) is 14.5. The highest BCUT2D eigenvalue weighted by molar-refractivity contribution is 7.91. The zero-order chi connectivity index (χ0) is 14.2. The number of hydrogen-bond acceptors (Lipinski definition) is 4. The molecule has 1 aromatic rings. The topological polar surface area (TPSA) is 58.2 Å². The van der Waals surface area contributed by atoms with Gasteiger partial charge in [-0.1, -0.05) is 12.8 Å². The fourth-order valence-electron chi connectivity index (χ4n) is 2.35. The summed E-state index contributed by atoms with van der Waals surface area (Å²) in [5, 5.41) is 3.41. The molecule has 1 unspecified atom stereocenters. The van der Waals surface area contributed by atoms with Gasteiger partial charge in [0.15, 0.2) is 0 Å². The second-order valence-electron chi connectivity index (χ2n) is 6.08. The second-order valence-corrected chi connectivity index (χ2v) is 9.19. The smallest absolute Gasteiger partial charge is 0.250 e. The van der Waals surface area contributed by atoms with Crippen LogP contribution in [0.1, 0.15) is 43.9 Å². The third-order valence-electron chi connectivity index (χ3n) is 3.78. The molecule has 0 amide bonds. The monoisotopic (exact) mass is 314 g/mol. The second kappa shape index (κ2) is 5.75. The molecule has 4 nitrogen and oxygen atoms in total. The van der Waals surface area contributed by atoms with Gasteiger partial charge in [0.25, 0.3) is 0 Å². The molecular weight excluding hydrogens is 292 g/mol. The number of thiophene rings is 1. The standard InChI is InChI=1S/C14H22N2O2S2/c1-10(8-11-2-3-11)16-20(17,18)14-7-6-13(19-14)9-15-12-4-5-12/h6-7,10-12,15-16H,2-5,8-9H2,1H3.